The lowest BCUT2D eigenvalue weighted by molar-refractivity contribution is 0.0671. The quantitative estimate of drug-likeness (QED) is 0.315. The van der Waals surface area contributed by atoms with Gasteiger partial charge in [0.25, 0.3) is 0 Å². The third-order valence-electron chi connectivity index (χ3n) is 7.48. The molecular formula is C31H40O2. The van der Waals surface area contributed by atoms with Crippen molar-refractivity contribution in [3.05, 3.63) is 71.8 Å². The molecule has 0 heterocycles. The number of rotatable bonds is 10. The van der Waals surface area contributed by atoms with Gasteiger partial charge in [0.15, 0.2) is 0 Å². The minimum atomic E-state index is 0.527. The van der Waals surface area contributed by atoms with E-state index in [9.17, 15) is 0 Å². The van der Waals surface area contributed by atoms with Crippen LogP contribution in [0.3, 0.4) is 0 Å². The first kappa shape index (κ1) is 24.0. The maximum Gasteiger partial charge on any atom is 0.0512 e. The number of benzene rings is 3. The molecule has 0 spiro atoms. The molecule has 2 heteroatoms. The molecule has 1 aliphatic carbocycles. The fourth-order valence-corrected chi connectivity index (χ4v) is 5.71. The summed E-state index contributed by atoms with van der Waals surface area (Å²) in [7, 11) is 3.59. The fraction of sp³-hybridized carbons (Fsp3) is 0.484. The summed E-state index contributed by atoms with van der Waals surface area (Å²) in [5.41, 5.74) is 5.55. The second-order valence-corrected chi connectivity index (χ2v) is 10.00. The molecule has 0 atom stereocenters. The fourth-order valence-electron chi connectivity index (χ4n) is 5.71. The Kier molecular flexibility index (Phi) is 8.58. The van der Waals surface area contributed by atoms with Gasteiger partial charge in [0.2, 0.25) is 0 Å². The van der Waals surface area contributed by atoms with E-state index >= 15 is 0 Å². The highest BCUT2D eigenvalue weighted by molar-refractivity contribution is 5.88. The van der Waals surface area contributed by atoms with Crippen LogP contribution in [0.2, 0.25) is 0 Å². The average Bonchev–Trinajstić information content (AvgIpc) is 2.85. The van der Waals surface area contributed by atoms with Crippen LogP contribution in [-0.4, -0.2) is 27.4 Å². The normalized spacial score (nSPS) is 18.8. The molecule has 3 aromatic carbocycles. The predicted molar refractivity (Wildman–Crippen MR) is 140 cm³/mol. The zero-order valence-corrected chi connectivity index (χ0v) is 20.7. The average molecular weight is 445 g/mol. The molecule has 0 radical (unpaired) electrons. The highest BCUT2D eigenvalue weighted by Gasteiger charge is 2.25. The van der Waals surface area contributed by atoms with Crippen molar-refractivity contribution in [1.82, 2.24) is 0 Å². The smallest absolute Gasteiger partial charge is 0.0512 e. The van der Waals surface area contributed by atoms with Gasteiger partial charge in [-0.05, 0) is 89.5 Å². The second kappa shape index (κ2) is 11.8. The van der Waals surface area contributed by atoms with Gasteiger partial charge in [-0.15, -0.1) is 0 Å². The molecule has 176 valence electrons. The second-order valence-electron chi connectivity index (χ2n) is 10.00. The summed E-state index contributed by atoms with van der Waals surface area (Å²) >= 11 is 0. The molecule has 0 saturated heterocycles. The van der Waals surface area contributed by atoms with Crippen molar-refractivity contribution in [1.29, 1.82) is 0 Å². The van der Waals surface area contributed by atoms with Crippen LogP contribution in [0, 0.1) is 11.8 Å². The van der Waals surface area contributed by atoms with Crippen LogP contribution < -0.4 is 0 Å². The first-order valence-electron chi connectivity index (χ1n) is 12.8. The Morgan fingerprint density at radius 2 is 1.39 bits per heavy atom. The summed E-state index contributed by atoms with van der Waals surface area (Å²) in [5, 5.41) is 2.70. The van der Waals surface area contributed by atoms with Gasteiger partial charge in [0, 0.05) is 20.1 Å². The molecule has 1 saturated carbocycles. The predicted octanol–water partition coefficient (Wildman–Crippen LogP) is 8.03. The Bertz CT molecular complexity index is 993. The Morgan fingerprint density at radius 1 is 0.758 bits per heavy atom. The van der Waals surface area contributed by atoms with E-state index in [2.05, 4.69) is 67.6 Å². The van der Waals surface area contributed by atoms with Gasteiger partial charge < -0.3 is 9.47 Å². The maximum absolute atomic E-state index is 5.40. The van der Waals surface area contributed by atoms with E-state index in [1.165, 1.54) is 71.6 Å². The molecule has 0 N–H and O–H groups in total. The van der Waals surface area contributed by atoms with Crippen molar-refractivity contribution in [3.63, 3.8) is 0 Å². The molecule has 0 aromatic heterocycles. The van der Waals surface area contributed by atoms with Crippen molar-refractivity contribution in [3.8, 4) is 11.1 Å². The number of ether oxygens (including phenoxy) is 2. The summed E-state index contributed by atoms with van der Waals surface area (Å²) < 4.78 is 10.8. The van der Waals surface area contributed by atoms with E-state index in [1.54, 1.807) is 14.2 Å². The molecule has 4 rings (SSSR count). The Hall–Kier alpha value is -2.16. The molecule has 0 unspecified atom stereocenters. The topological polar surface area (TPSA) is 18.5 Å². The lowest BCUT2D eigenvalue weighted by Crippen LogP contribution is -2.21. The molecular weight excluding hydrogens is 404 g/mol. The zero-order valence-electron chi connectivity index (χ0n) is 20.7. The third-order valence-corrected chi connectivity index (χ3v) is 7.48. The summed E-state index contributed by atoms with van der Waals surface area (Å²) in [6.07, 6.45) is 8.81. The minimum absolute atomic E-state index is 0.527. The first-order valence-corrected chi connectivity index (χ1v) is 12.8. The van der Waals surface area contributed by atoms with E-state index in [4.69, 9.17) is 9.47 Å². The molecule has 1 fully saturated rings. The van der Waals surface area contributed by atoms with E-state index in [0.29, 0.717) is 11.8 Å². The molecule has 1 aliphatic rings. The third kappa shape index (κ3) is 6.25. The van der Waals surface area contributed by atoms with Gasteiger partial charge in [-0.25, -0.2) is 0 Å². The van der Waals surface area contributed by atoms with E-state index in [1.807, 2.05) is 0 Å². The Morgan fingerprint density at radius 3 is 2.06 bits per heavy atom. The van der Waals surface area contributed by atoms with Crippen molar-refractivity contribution < 1.29 is 9.47 Å². The molecule has 0 amide bonds. The number of hydrogen-bond acceptors (Lipinski definition) is 2. The summed E-state index contributed by atoms with van der Waals surface area (Å²) in [4.78, 5) is 0. The van der Waals surface area contributed by atoms with Crippen molar-refractivity contribution in [2.75, 3.05) is 27.4 Å². The molecule has 0 aliphatic heterocycles. The Balaban J connectivity index is 1.40. The molecule has 2 nitrogen and oxygen atoms in total. The zero-order chi connectivity index (χ0) is 23.0. The Labute approximate surface area is 200 Å². The number of aryl methyl sites for hydroxylation is 1. The van der Waals surface area contributed by atoms with Gasteiger partial charge >= 0.3 is 0 Å². The standard InChI is InChI=1S/C31H40O2/c1-4-5-23-6-10-26(11-7-23)28-14-16-31-20-29(15-17-30(31)19-28)27-12-8-24(9-13-27)18-25(21-32-2)22-33-3/h6-7,10-11,14-17,19-20,24-25,27H,4-5,8-9,12-13,18,21-22H2,1-3H3. The minimum Gasteiger partial charge on any atom is -0.384 e. The van der Waals surface area contributed by atoms with Gasteiger partial charge in [0.1, 0.15) is 0 Å². The van der Waals surface area contributed by atoms with Crippen molar-refractivity contribution >= 4 is 10.8 Å². The summed E-state index contributed by atoms with van der Waals surface area (Å²) in [5.74, 6) is 2.03. The van der Waals surface area contributed by atoms with Crippen LogP contribution in [0.1, 0.15) is 62.5 Å². The largest absolute Gasteiger partial charge is 0.384 e. The SMILES string of the molecule is CCCc1ccc(-c2ccc3cc(C4CCC(CC(COC)COC)CC4)ccc3c2)cc1. The van der Waals surface area contributed by atoms with Crippen LogP contribution in [0.5, 0.6) is 0 Å². The lowest BCUT2D eigenvalue weighted by Gasteiger charge is -2.31. The van der Waals surface area contributed by atoms with Crippen LogP contribution in [0.15, 0.2) is 60.7 Å². The number of hydrogen-bond donors (Lipinski definition) is 0. The van der Waals surface area contributed by atoms with E-state index < -0.39 is 0 Å². The van der Waals surface area contributed by atoms with Crippen LogP contribution >= 0.6 is 0 Å². The maximum atomic E-state index is 5.40. The van der Waals surface area contributed by atoms with Gasteiger partial charge in [-0.3, -0.25) is 0 Å². The van der Waals surface area contributed by atoms with Crippen molar-refractivity contribution in [2.45, 2.75) is 57.8 Å². The first-order chi connectivity index (χ1) is 16.2. The van der Waals surface area contributed by atoms with Gasteiger partial charge in [0.05, 0.1) is 13.2 Å². The highest BCUT2D eigenvalue weighted by Crippen LogP contribution is 2.39. The van der Waals surface area contributed by atoms with Crippen LogP contribution in [-0.2, 0) is 15.9 Å². The summed E-state index contributed by atoms with van der Waals surface area (Å²) in [6, 6.07) is 23.2. The number of methoxy groups -OCH3 is 2. The molecule has 0 bridgehead atoms. The lowest BCUT2D eigenvalue weighted by atomic mass is 9.75. The van der Waals surface area contributed by atoms with Crippen LogP contribution in [0.25, 0.3) is 21.9 Å². The summed E-state index contributed by atoms with van der Waals surface area (Å²) in [6.45, 7) is 3.85. The monoisotopic (exact) mass is 444 g/mol. The number of fused-ring (bicyclic) bond motifs is 1. The van der Waals surface area contributed by atoms with Crippen molar-refractivity contribution in [2.24, 2.45) is 11.8 Å². The molecule has 3 aromatic rings. The van der Waals surface area contributed by atoms with Gasteiger partial charge in [-0.2, -0.15) is 0 Å². The van der Waals surface area contributed by atoms with E-state index in [0.717, 1.165) is 25.6 Å². The van der Waals surface area contributed by atoms with Crippen LogP contribution in [0.4, 0.5) is 0 Å². The molecule has 33 heavy (non-hydrogen) atoms. The van der Waals surface area contributed by atoms with E-state index in [-0.39, 0.29) is 0 Å². The van der Waals surface area contributed by atoms with Gasteiger partial charge in [-0.1, -0.05) is 67.9 Å². The highest BCUT2D eigenvalue weighted by atomic mass is 16.5.